The molecule has 0 atom stereocenters. The van der Waals surface area contributed by atoms with E-state index in [1.54, 1.807) is 0 Å². The van der Waals surface area contributed by atoms with Gasteiger partial charge in [-0.1, -0.05) is 24.3 Å². The van der Waals surface area contributed by atoms with Gasteiger partial charge in [0, 0.05) is 6.54 Å². The second-order valence-electron chi connectivity index (χ2n) is 4.43. The van der Waals surface area contributed by atoms with Gasteiger partial charge in [0.2, 0.25) is 10.0 Å². The first-order chi connectivity index (χ1) is 9.40. The van der Waals surface area contributed by atoms with Gasteiger partial charge in [-0.05, 0) is 36.2 Å². The number of hydrogen-bond donors (Lipinski definition) is 2. The van der Waals surface area contributed by atoms with Crippen LogP contribution in [-0.2, 0) is 16.6 Å². The van der Waals surface area contributed by atoms with Crippen LogP contribution in [0.3, 0.4) is 0 Å². The molecule has 6 heteroatoms. The number of benzene rings is 2. The van der Waals surface area contributed by atoms with E-state index in [1.165, 1.54) is 12.1 Å². The molecule has 0 saturated carbocycles. The van der Waals surface area contributed by atoms with Crippen LogP contribution in [0.15, 0.2) is 47.4 Å². The maximum Gasteiger partial charge on any atom is 0.240 e. The summed E-state index contributed by atoms with van der Waals surface area (Å²) in [5.41, 5.74) is 7.10. The van der Waals surface area contributed by atoms with Gasteiger partial charge in [-0.15, -0.1) is 0 Å². The number of halogens is 1. The zero-order valence-electron chi connectivity index (χ0n) is 10.9. The van der Waals surface area contributed by atoms with Crippen LogP contribution < -0.4 is 10.5 Å². The molecule has 4 nitrogen and oxygen atoms in total. The van der Waals surface area contributed by atoms with Gasteiger partial charge in [-0.2, -0.15) is 0 Å². The summed E-state index contributed by atoms with van der Waals surface area (Å²) in [5.74, 6) is -0.747. The molecule has 0 amide bonds. The van der Waals surface area contributed by atoms with E-state index in [9.17, 15) is 12.8 Å². The van der Waals surface area contributed by atoms with Crippen LogP contribution in [0.1, 0.15) is 11.1 Å². The fraction of sp³-hybridized carbons (Fsp3) is 0.143. The van der Waals surface area contributed by atoms with Gasteiger partial charge in [-0.25, -0.2) is 17.5 Å². The molecule has 0 unspecified atom stereocenters. The second kappa shape index (κ2) is 5.60. The third kappa shape index (κ3) is 3.15. The van der Waals surface area contributed by atoms with Gasteiger partial charge in [0.25, 0.3) is 0 Å². The minimum absolute atomic E-state index is 0.0807. The number of sulfonamides is 1. The lowest BCUT2D eigenvalue weighted by molar-refractivity contribution is 0.578. The van der Waals surface area contributed by atoms with Gasteiger partial charge >= 0.3 is 0 Å². The van der Waals surface area contributed by atoms with E-state index in [1.807, 2.05) is 31.2 Å². The topological polar surface area (TPSA) is 72.2 Å². The Hall–Kier alpha value is -1.92. The Morgan fingerprint density at radius 1 is 1.20 bits per heavy atom. The summed E-state index contributed by atoms with van der Waals surface area (Å²) in [7, 11) is -3.76. The van der Waals surface area contributed by atoms with E-state index >= 15 is 0 Å². The Morgan fingerprint density at radius 3 is 2.55 bits per heavy atom. The molecule has 0 fully saturated rings. The summed E-state index contributed by atoms with van der Waals surface area (Å²) in [4.78, 5) is -0.141. The highest BCUT2D eigenvalue weighted by molar-refractivity contribution is 7.89. The third-order valence-corrected chi connectivity index (χ3v) is 4.40. The van der Waals surface area contributed by atoms with Crippen LogP contribution in [-0.4, -0.2) is 8.42 Å². The predicted molar refractivity (Wildman–Crippen MR) is 76.0 cm³/mol. The zero-order chi connectivity index (χ0) is 14.8. The van der Waals surface area contributed by atoms with Crippen molar-refractivity contribution in [2.75, 3.05) is 5.73 Å². The van der Waals surface area contributed by atoms with Crippen molar-refractivity contribution >= 4 is 15.7 Å². The lowest BCUT2D eigenvalue weighted by Crippen LogP contribution is -2.23. The number of anilines is 1. The Kier molecular flexibility index (Phi) is 4.06. The molecule has 0 saturated heterocycles. The largest absolute Gasteiger partial charge is 0.396 e. The van der Waals surface area contributed by atoms with Crippen LogP contribution in [0, 0.1) is 12.7 Å². The van der Waals surface area contributed by atoms with E-state index in [0.29, 0.717) is 0 Å². The SMILES string of the molecule is Cc1ccccc1CNS(=O)(=O)c1ccc(N)c(F)c1. The molecule has 2 aromatic rings. The highest BCUT2D eigenvalue weighted by atomic mass is 32.2. The van der Waals surface area contributed by atoms with Crippen molar-refractivity contribution in [2.24, 2.45) is 0 Å². The average Bonchev–Trinajstić information content (AvgIpc) is 2.41. The van der Waals surface area contributed by atoms with Gasteiger partial charge in [-0.3, -0.25) is 0 Å². The van der Waals surface area contributed by atoms with Gasteiger partial charge in [0.15, 0.2) is 0 Å². The quantitative estimate of drug-likeness (QED) is 0.849. The van der Waals surface area contributed by atoms with E-state index in [2.05, 4.69) is 4.72 Å². The molecule has 0 aliphatic carbocycles. The summed E-state index contributed by atoms with van der Waals surface area (Å²) in [6.07, 6.45) is 0. The first-order valence-corrected chi connectivity index (χ1v) is 7.47. The second-order valence-corrected chi connectivity index (χ2v) is 6.20. The first kappa shape index (κ1) is 14.5. The molecular formula is C14H15FN2O2S. The summed E-state index contributed by atoms with van der Waals surface area (Å²) in [5, 5.41) is 0. The lowest BCUT2D eigenvalue weighted by Gasteiger charge is -2.09. The standard InChI is InChI=1S/C14H15FN2O2S/c1-10-4-2-3-5-11(10)9-17-20(18,19)12-6-7-14(16)13(15)8-12/h2-8,17H,9,16H2,1H3. The fourth-order valence-electron chi connectivity index (χ4n) is 1.74. The summed E-state index contributed by atoms with van der Waals surface area (Å²) in [6.45, 7) is 2.05. The molecule has 2 aromatic carbocycles. The number of nitrogens with one attached hydrogen (secondary N) is 1. The molecule has 20 heavy (non-hydrogen) atoms. The van der Waals surface area contributed by atoms with Gasteiger partial charge in [0.05, 0.1) is 10.6 Å². The minimum Gasteiger partial charge on any atom is -0.396 e. The van der Waals surface area contributed by atoms with E-state index < -0.39 is 15.8 Å². The molecule has 2 rings (SSSR count). The van der Waals surface area contributed by atoms with Crippen molar-refractivity contribution < 1.29 is 12.8 Å². The molecule has 3 N–H and O–H groups in total. The van der Waals surface area contributed by atoms with Crippen molar-refractivity contribution in [2.45, 2.75) is 18.4 Å². The van der Waals surface area contributed by atoms with Gasteiger partial charge in [0.1, 0.15) is 5.82 Å². The van der Waals surface area contributed by atoms with Crippen molar-refractivity contribution in [1.82, 2.24) is 4.72 Å². The molecule has 0 spiro atoms. The molecule has 106 valence electrons. The number of hydrogen-bond acceptors (Lipinski definition) is 3. The first-order valence-electron chi connectivity index (χ1n) is 5.99. The normalized spacial score (nSPS) is 11.5. The molecule has 0 aliphatic rings. The molecule has 0 radical (unpaired) electrons. The van der Waals surface area contributed by atoms with Crippen molar-refractivity contribution in [3.05, 3.63) is 59.4 Å². The Labute approximate surface area is 117 Å². The monoisotopic (exact) mass is 294 g/mol. The van der Waals surface area contributed by atoms with E-state index in [0.717, 1.165) is 17.2 Å². The smallest absolute Gasteiger partial charge is 0.240 e. The van der Waals surface area contributed by atoms with E-state index in [-0.39, 0.29) is 17.1 Å². The molecule has 0 bridgehead atoms. The van der Waals surface area contributed by atoms with Crippen LogP contribution in [0.2, 0.25) is 0 Å². The zero-order valence-corrected chi connectivity index (χ0v) is 11.7. The number of aryl methyl sites for hydroxylation is 1. The van der Waals surface area contributed by atoms with Crippen LogP contribution in [0.25, 0.3) is 0 Å². The van der Waals surface area contributed by atoms with Crippen molar-refractivity contribution in [3.8, 4) is 0 Å². The Morgan fingerprint density at radius 2 is 1.90 bits per heavy atom. The van der Waals surface area contributed by atoms with Crippen molar-refractivity contribution in [1.29, 1.82) is 0 Å². The summed E-state index contributed by atoms with van der Waals surface area (Å²) < 4.78 is 39.9. The Balaban J connectivity index is 2.19. The molecule has 0 heterocycles. The minimum atomic E-state index is -3.76. The predicted octanol–water partition coefficient (Wildman–Crippen LogP) is 2.19. The highest BCUT2D eigenvalue weighted by Crippen LogP contribution is 2.16. The maximum absolute atomic E-state index is 13.3. The fourth-order valence-corrected chi connectivity index (χ4v) is 2.76. The van der Waals surface area contributed by atoms with Crippen molar-refractivity contribution in [3.63, 3.8) is 0 Å². The number of nitrogens with two attached hydrogens (primary N) is 1. The average molecular weight is 294 g/mol. The maximum atomic E-state index is 13.3. The molecule has 0 aliphatic heterocycles. The van der Waals surface area contributed by atoms with Crippen LogP contribution in [0.4, 0.5) is 10.1 Å². The summed E-state index contributed by atoms with van der Waals surface area (Å²) in [6, 6.07) is 10.9. The lowest BCUT2D eigenvalue weighted by atomic mass is 10.1. The van der Waals surface area contributed by atoms with Crippen LogP contribution >= 0.6 is 0 Å². The van der Waals surface area contributed by atoms with Gasteiger partial charge < -0.3 is 5.73 Å². The number of rotatable bonds is 4. The third-order valence-electron chi connectivity index (χ3n) is 3.00. The number of nitrogen functional groups attached to an aromatic ring is 1. The molecule has 0 aromatic heterocycles. The van der Waals surface area contributed by atoms with Crippen LogP contribution in [0.5, 0.6) is 0 Å². The Bertz CT molecular complexity index is 730. The summed E-state index contributed by atoms with van der Waals surface area (Å²) >= 11 is 0. The highest BCUT2D eigenvalue weighted by Gasteiger charge is 2.15. The molecular weight excluding hydrogens is 279 g/mol. The van der Waals surface area contributed by atoms with E-state index in [4.69, 9.17) is 5.73 Å².